The lowest BCUT2D eigenvalue weighted by atomic mass is 10.2. The number of nitrogens with zero attached hydrogens (tertiary/aromatic N) is 18. The predicted octanol–water partition coefficient (Wildman–Crippen LogP) is -3.38. The van der Waals surface area contributed by atoms with Crippen molar-refractivity contribution in [1.29, 1.82) is 0 Å². The summed E-state index contributed by atoms with van der Waals surface area (Å²) >= 11 is 0. The molecule has 1 aromatic carbocycles. The van der Waals surface area contributed by atoms with Gasteiger partial charge in [0.15, 0.2) is 6.66 Å². The van der Waals surface area contributed by atoms with E-state index < -0.39 is 67.7 Å². The first-order chi connectivity index (χ1) is 62.9. The van der Waals surface area contributed by atoms with E-state index >= 15 is 0 Å². The van der Waals surface area contributed by atoms with Crippen molar-refractivity contribution >= 4 is 67.7 Å². The Morgan fingerprint density at radius 1 is 0.343 bits per heavy atom. The second kappa shape index (κ2) is 87.2. The lowest BCUT2D eigenvalue weighted by molar-refractivity contribution is -0.780. The molecule has 822 valence electrons. The lowest BCUT2D eigenvalue weighted by Gasteiger charge is -2.36. The van der Waals surface area contributed by atoms with Gasteiger partial charge in [-0.3, -0.25) is 141 Å². The van der Waals surface area contributed by atoms with E-state index in [1.165, 1.54) is 202 Å². The van der Waals surface area contributed by atoms with Crippen LogP contribution in [0.15, 0.2) is 81.1 Å². The van der Waals surface area contributed by atoms with Crippen LogP contribution in [0.2, 0.25) is 0 Å². The van der Waals surface area contributed by atoms with Crippen molar-refractivity contribution in [1.82, 2.24) is 88.2 Å². The zero-order valence-electron chi connectivity index (χ0n) is 86.0. The SMILES string of the molecule is C=CCN1CCN(C)C1.C=CCP(=O)(CC=C)OO[O-].C=CN1CCN(C)C1.CC1N(C)CCN1C.CC1N(C)CCN1C.CN1CCN(C)C1.CN1CCN(C)C1.CN1CCN(C)C1.CN1CCN(C)C1.CN1CCN(Cc2ccccc2)C1.CP(=O)([O-])O[O-].CP(C)(=O)OO[O-].CP(C)(=O)OO[O-].CP(C)(=O)OO[O-].CP(C)(=O)OO[O-].CP(C)(=O)OO[O-].C[P+](=O)OO[O-].O=P([O-])([O-])[O-]. The van der Waals surface area contributed by atoms with E-state index in [0.717, 1.165) is 66.3 Å². The number of likely N-dealkylation sites (N-methyl/N-ethyl adjacent to an activating group) is 15. The zero-order valence-corrected chi connectivity index (χ0v) is 94.0. The molecule has 9 fully saturated rings. The predicted molar refractivity (Wildman–Crippen MR) is 504 cm³/mol. The van der Waals surface area contributed by atoms with Gasteiger partial charge in [0.1, 0.15) is 7.60 Å². The van der Waals surface area contributed by atoms with Gasteiger partial charge in [0.25, 0.3) is 0 Å². The van der Waals surface area contributed by atoms with Gasteiger partial charge in [0.2, 0.25) is 44.2 Å². The van der Waals surface area contributed by atoms with Gasteiger partial charge in [-0.1, -0.05) is 55.1 Å². The van der Waals surface area contributed by atoms with Crippen LogP contribution in [0.5, 0.6) is 0 Å². The van der Waals surface area contributed by atoms with Crippen molar-refractivity contribution in [3.63, 3.8) is 0 Å². The Labute approximate surface area is 815 Å². The van der Waals surface area contributed by atoms with Crippen LogP contribution in [0.1, 0.15) is 19.4 Å². The lowest BCUT2D eigenvalue weighted by Crippen LogP contribution is -2.30. The Bertz CT molecular complexity index is 3220. The molecule has 1 aromatic rings. The Hall–Kier alpha value is -1.84. The highest BCUT2D eigenvalue weighted by atomic mass is 31.2. The molecule has 2 atom stereocenters. The molecule has 0 N–H and O–H groups in total. The van der Waals surface area contributed by atoms with Gasteiger partial charge in [-0.15, -0.1) is 19.7 Å². The molecule has 137 heavy (non-hydrogen) atoms. The van der Waals surface area contributed by atoms with Crippen molar-refractivity contribution in [2.45, 2.75) is 32.7 Å². The molecule has 0 saturated carbocycles. The Morgan fingerprint density at radius 2 is 0.577 bits per heavy atom. The van der Waals surface area contributed by atoms with Crippen LogP contribution in [0, 0.1) is 0 Å². The van der Waals surface area contributed by atoms with Crippen LogP contribution in [0.25, 0.3) is 0 Å². The molecule has 0 radical (unpaired) electrons. The van der Waals surface area contributed by atoms with Crippen LogP contribution >= 0.6 is 67.7 Å². The molecule has 0 amide bonds. The number of hydrogen-bond acceptors (Lipinski definition) is 54. The number of allylic oxidation sites excluding steroid dienone is 2. The van der Waals surface area contributed by atoms with E-state index in [2.05, 4.69) is 337 Å². The highest BCUT2D eigenvalue weighted by Gasteiger charge is 2.24. The third-order valence-electron chi connectivity index (χ3n) is 17.4. The van der Waals surface area contributed by atoms with E-state index in [9.17, 15) is 46.7 Å². The summed E-state index contributed by atoms with van der Waals surface area (Å²) in [6, 6.07) is 10.7. The minimum atomic E-state index is -5.39. The molecule has 0 spiro atoms. The summed E-state index contributed by atoms with van der Waals surface area (Å²) in [4.78, 5) is 76.9. The van der Waals surface area contributed by atoms with Crippen molar-refractivity contribution in [2.75, 3.05) is 369 Å². The molecular weight excluding hydrogens is 2000 g/mol. The molecule has 9 saturated heterocycles. The summed E-state index contributed by atoms with van der Waals surface area (Å²) in [6.07, 6.45) is 8.18. The smallest absolute Gasteiger partial charge is 0.535 e. The molecule has 2 unspecified atom stereocenters. The fourth-order valence-electron chi connectivity index (χ4n) is 10.4. The largest absolute Gasteiger partial charge is 0.822 e. The van der Waals surface area contributed by atoms with Gasteiger partial charge in [-0.2, -0.15) is 35.9 Å². The summed E-state index contributed by atoms with van der Waals surface area (Å²) < 4.78 is 119. The monoisotopic (exact) mass is 2160 g/mol. The van der Waals surface area contributed by atoms with Gasteiger partial charge in [0.05, 0.1) is 59.0 Å². The zero-order chi connectivity index (χ0) is 108. The van der Waals surface area contributed by atoms with Crippen LogP contribution in [0.3, 0.4) is 0 Å². The normalized spacial score (nSPS) is 19.0. The number of phosphoric acid groups is 1. The Kier molecular flexibility index (Phi) is 95.8. The molecule has 54 nitrogen and oxygen atoms in total. The first-order valence-electron chi connectivity index (χ1n) is 41.9. The minimum absolute atomic E-state index is 0.112. The van der Waals surface area contributed by atoms with Crippen molar-refractivity contribution in [2.24, 2.45) is 0 Å². The quantitative estimate of drug-likeness (QED) is 0.0422. The summed E-state index contributed by atoms with van der Waals surface area (Å²) in [5.41, 5.74) is 1.41. The van der Waals surface area contributed by atoms with Crippen molar-refractivity contribution in [3.8, 4) is 0 Å². The van der Waals surface area contributed by atoms with Gasteiger partial charge in [-0.05, 0) is 143 Å². The molecule has 9 aliphatic heterocycles. The van der Waals surface area contributed by atoms with Gasteiger partial charge in [-0.25, -0.2) is 5.04 Å². The molecule has 0 aliphatic carbocycles. The number of hydrogen-bond donors (Lipinski definition) is 0. The van der Waals surface area contributed by atoms with Gasteiger partial charge < -0.3 is 80.3 Å². The number of rotatable bonds is 24. The first-order valence-corrected chi connectivity index (χ1v) is 61.5. The van der Waals surface area contributed by atoms with E-state index in [-0.39, 0.29) is 12.3 Å². The summed E-state index contributed by atoms with van der Waals surface area (Å²) in [7, 11) is 4.49. The standard InChI is InChI=1S/C11H16N2.C7H14N2.2C6H14N2.C6H12N2.C6H11O4P.4C5H12N2.5C2H7O4P.CH5O4P.CH3O4P.H3O4P/c1-12-7-8-13(10-12)9-11-5-3-2-4-6-11;1-3-4-9-6-5-8(2)7-9;2*1-6-7(2)4-5-8(6)3;1-3-8-5-4-7(2)6-8;1-3-5-11(8,6-4-2)10-9-7;4*1-6-3-4-7(2)5-6;5*1-7(2,4)6-5-3;1-6(3,4)5-2;1-6(3)5-4-2;1-5(2,3)4/h2-6H,7-10H2,1H3;3H,1,4-7H2,2H3;2*6H,4-5H2,1-3H3;3H,1,4-6H2,2H3;3-4,7H,1-2,5-6H2;4*3-5H2,1-2H3;5*3H,1-2H3;2H,1H3,(H,3,4);1H3;(H3,1,2,3,4)/p-11. The first kappa shape index (κ1) is 150. The maximum absolute atomic E-state index is 11.3. The topological polar surface area (TPSA) is 627 Å². The molecule has 63 heteroatoms. The van der Waals surface area contributed by atoms with Crippen LogP contribution in [-0.4, -0.2) is 470 Å². The van der Waals surface area contributed by atoms with E-state index in [0.29, 0.717) is 19.0 Å². The van der Waals surface area contributed by atoms with E-state index in [1.54, 1.807) is 0 Å². The average Bonchev–Trinajstić information content (AvgIpc) is 1.71. The van der Waals surface area contributed by atoms with Gasteiger partial charge >= 0.3 is 8.03 Å². The highest BCUT2D eigenvalue weighted by Crippen LogP contribution is 2.46. The fraction of sp³-hybridized carbons (Fsp3) is 0.811. The molecule has 0 bridgehead atoms. The second-order valence-electron chi connectivity index (χ2n) is 33.7. The highest BCUT2D eigenvalue weighted by molar-refractivity contribution is 7.59. The summed E-state index contributed by atoms with van der Waals surface area (Å²) in [5.74, 6) is 0. The van der Waals surface area contributed by atoms with E-state index in [1.807, 2.05) is 12.3 Å². The average molecular weight is 2160 g/mol. The minimum Gasteiger partial charge on any atom is -0.822 e. The van der Waals surface area contributed by atoms with Crippen molar-refractivity contribution < 1.29 is 175 Å². The van der Waals surface area contributed by atoms with Crippen molar-refractivity contribution in [3.05, 3.63) is 86.6 Å². The summed E-state index contributed by atoms with van der Waals surface area (Å²) in [6.45, 7) is 65.1. The molecule has 10 rings (SSSR count). The maximum atomic E-state index is 11.3. The summed E-state index contributed by atoms with van der Waals surface area (Å²) in [5, 5.41) is 92.8. The van der Waals surface area contributed by atoms with Crippen LogP contribution in [0.4, 0.5) is 0 Å². The Morgan fingerprint density at radius 3 is 0.708 bits per heavy atom. The van der Waals surface area contributed by atoms with Gasteiger partial charge in [0, 0.05) is 215 Å². The number of benzene rings is 1. The fourth-order valence-corrected chi connectivity index (χ4v) is 12.4. The molecule has 0 aromatic heterocycles. The van der Waals surface area contributed by atoms with Crippen LogP contribution < -0.4 is 61.6 Å². The second-order valence-corrected chi connectivity index (χ2v) is 53.1. The van der Waals surface area contributed by atoms with Crippen LogP contribution in [-0.2, 0) is 120 Å². The molecule has 9 aliphatic rings. The molecular formula is C74H164N18O36P9-11. The third-order valence-corrected chi connectivity index (χ3v) is 22.0. The maximum Gasteiger partial charge on any atom is 0.535 e. The van der Waals surface area contributed by atoms with E-state index in [4.69, 9.17) is 56.0 Å². The third kappa shape index (κ3) is 116. The molecule has 9 heterocycles. The Balaban J connectivity index is -0.000000215.